The highest BCUT2D eigenvalue weighted by Crippen LogP contribution is 2.28. The largest absolute Gasteiger partial charge is 0.497 e. The Bertz CT molecular complexity index is 515. The van der Waals surface area contributed by atoms with E-state index >= 15 is 0 Å². The van der Waals surface area contributed by atoms with Crippen molar-refractivity contribution in [3.05, 3.63) is 41.7 Å². The molecule has 0 spiro atoms. The summed E-state index contributed by atoms with van der Waals surface area (Å²) in [6.45, 7) is 0. The summed E-state index contributed by atoms with van der Waals surface area (Å²) in [6.07, 6.45) is 1.73. The van der Waals surface area contributed by atoms with Crippen LogP contribution < -0.4 is 15.2 Å². The first-order valence-electron chi connectivity index (χ1n) is 5.62. The summed E-state index contributed by atoms with van der Waals surface area (Å²) in [4.78, 5) is 0. The Morgan fingerprint density at radius 1 is 1.17 bits per heavy atom. The van der Waals surface area contributed by atoms with Crippen molar-refractivity contribution in [2.24, 2.45) is 12.8 Å². The van der Waals surface area contributed by atoms with Gasteiger partial charge in [0, 0.05) is 19.3 Å². The van der Waals surface area contributed by atoms with Crippen molar-refractivity contribution in [3.63, 3.8) is 0 Å². The van der Waals surface area contributed by atoms with Gasteiger partial charge in [-0.1, -0.05) is 0 Å². The van der Waals surface area contributed by atoms with Crippen molar-refractivity contribution in [2.45, 2.75) is 6.04 Å². The first-order chi connectivity index (χ1) is 8.65. The number of benzene rings is 1. The van der Waals surface area contributed by atoms with Gasteiger partial charge in [0.25, 0.3) is 0 Å². The van der Waals surface area contributed by atoms with Gasteiger partial charge in [0.2, 0.25) is 0 Å². The summed E-state index contributed by atoms with van der Waals surface area (Å²) in [7, 11) is 5.11. The molecule has 0 amide bonds. The van der Waals surface area contributed by atoms with Crippen LogP contribution in [-0.2, 0) is 7.05 Å². The molecule has 0 bridgehead atoms. The summed E-state index contributed by atoms with van der Waals surface area (Å²) >= 11 is 0. The van der Waals surface area contributed by atoms with Crippen molar-refractivity contribution < 1.29 is 9.47 Å². The van der Waals surface area contributed by atoms with E-state index < -0.39 is 0 Å². The molecule has 0 saturated heterocycles. The van der Waals surface area contributed by atoms with Gasteiger partial charge in [0.1, 0.15) is 11.5 Å². The molecule has 2 aromatic rings. The maximum absolute atomic E-state index is 6.24. The molecule has 2 N–H and O–H groups in total. The smallest absolute Gasteiger partial charge is 0.122 e. The Morgan fingerprint density at radius 2 is 1.78 bits per heavy atom. The number of methoxy groups -OCH3 is 2. The standard InChI is InChI=1S/C13H17N3O2/c1-16-12(4-5-15-16)13(14)9-6-10(17-2)8-11(7-9)18-3/h4-8,13H,14H2,1-3H3. The molecule has 5 heteroatoms. The van der Waals surface area contributed by atoms with Crippen LogP contribution in [-0.4, -0.2) is 24.0 Å². The second-order valence-electron chi connectivity index (χ2n) is 4.00. The Morgan fingerprint density at radius 3 is 2.22 bits per heavy atom. The van der Waals surface area contributed by atoms with Crippen LogP contribution in [0.15, 0.2) is 30.5 Å². The third-order valence-corrected chi connectivity index (χ3v) is 2.91. The summed E-state index contributed by atoms with van der Waals surface area (Å²) < 4.78 is 12.2. The van der Waals surface area contributed by atoms with E-state index in [1.165, 1.54) is 0 Å². The lowest BCUT2D eigenvalue weighted by Crippen LogP contribution is -2.16. The molecule has 5 nitrogen and oxygen atoms in total. The zero-order chi connectivity index (χ0) is 13.1. The molecule has 1 aromatic heterocycles. The minimum Gasteiger partial charge on any atom is -0.497 e. The molecule has 0 aliphatic heterocycles. The average molecular weight is 247 g/mol. The third kappa shape index (κ3) is 2.31. The minimum absolute atomic E-state index is 0.263. The normalized spacial score (nSPS) is 12.2. The van der Waals surface area contributed by atoms with Gasteiger partial charge >= 0.3 is 0 Å². The molecular weight excluding hydrogens is 230 g/mol. The van der Waals surface area contributed by atoms with Crippen LogP contribution in [0.2, 0.25) is 0 Å². The van der Waals surface area contributed by atoms with E-state index in [0.29, 0.717) is 0 Å². The molecule has 0 saturated carbocycles. The molecule has 0 aliphatic rings. The predicted octanol–water partition coefficient (Wildman–Crippen LogP) is 1.49. The monoisotopic (exact) mass is 247 g/mol. The van der Waals surface area contributed by atoms with E-state index in [1.54, 1.807) is 25.1 Å². The van der Waals surface area contributed by atoms with Crippen LogP contribution in [0, 0.1) is 0 Å². The summed E-state index contributed by atoms with van der Waals surface area (Å²) in [5.74, 6) is 1.45. The van der Waals surface area contributed by atoms with Gasteiger partial charge in [0.15, 0.2) is 0 Å². The molecule has 1 aromatic carbocycles. The molecule has 1 heterocycles. The van der Waals surface area contributed by atoms with E-state index in [9.17, 15) is 0 Å². The Labute approximate surface area is 106 Å². The summed E-state index contributed by atoms with van der Waals surface area (Å²) in [6, 6.07) is 7.26. The van der Waals surface area contributed by atoms with Crippen LogP contribution in [0.3, 0.4) is 0 Å². The number of nitrogens with zero attached hydrogens (tertiary/aromatic N) is 2. The van der Waals surface area contributed by atoms with Crippen molar-refractivity contribution in [3.8, 4) is 11.5 Å². The first-order valence-corrected chi connectivity index (χ1v) is 5.62. The lowest BCUT2D eigenvalue weighted by atomic mass is 10.0. The maximum Gasteiger partial charge on any atom is 0.122 e. The zero-order valence-corrected chi connectivity index (χ0v) is 10.8. The lowest BCUT2D eigenvalue weighted by molar-refractivity contribution is 0.393. The zero-order valence-electron chi connectivity index (χ0n) is 10.8. The highest BCUT2D eigenvalue weighted by Gasteiger charge is 2.14. The molecule has 0 radical (unpaired) electrons. The van der Waals surface area contributed by atoms with Crippen molar-refractivity contribution in [2.75, 3.05) is 14.2 Å². The Balaban J connectivity index is 2.41. The van der Waals surface area contributed by atoms with E-state index in [4.69, 9.17) is 15.2 Å². The van der Waals surface area contributed by atoms with Crippen molar-refractivity contribution in [1.29, 1.82) is 0 Å². The third-order valence-electron chi connectivity index (χ3n) is 2.91. The molecule has 0 aliphatic carbocycles. The van der Waals surface area contributed by atoms with E-state index in [-0.39, 0.29) is 6.04 Å². The number of aromatic nitrogens is 2. The fraction of sp³-hybridized carbons (Fsp3) is 0.308. The predicted molar refractivity (Wildman–Crippen MR) is 68.8 cm³/mol. The molecular formula is C13H17N3O2. The van der Waals surface area contributed by atoms with Gasteiger partial charge < -0.3 is 15.2 Å². The SMILES string of the molecule is COc1cc(OC)cc(C(N)c2ccnn2C)c1. The molecule has 1 atom stereocenters. The van der Waals surface area contributed by atoms with E-state index in [2.05, 4.69) is 5.10 Å². The van der Waals surface area contributed by atoms with Gasteiger partial charge in [-0.3, -0.25) is 4.68 Å². The van der Waals surface area contributed by atoms with Crippen LogP contribution in [0.1, 0.15) is 17.3 Å². The Kier molecular flexibility index (Phi) is 3.53. The van der Waals surface area contributed by atoms with E-state index in [0.717, 1.165) is 22.8 Å². The lowest BCUT2D eigenvalue weighted by Gasteiger charge is -2.15. The minimum atomic E-state index is -0.263. The fourth-order valence-electron chi connectivity index (χ4n) is 1.87. The molecule has 2 rings (SSSR count). The highest BCUT2D eigenvalue weighted by atomic mass is 16.5. The van der Waals surface area contributed by atoms with Gasteiger partial charge in [-0.25, -0.2) is 0 Å². The van der Waals surface area contributed by atoms with Gasteiger partial charge in [-0.15, -0.1) is 0 Å². The Hall–Kier alpha value is -2.01. The summed E-state index contributed by atoms with van der Waals surface area (Å²) in [5, 5.41) is 4.12. The number of hydrogen-bond donors (Lipinski definition) is 1. The topological polar surface area (TPSA) is 62.3 Å². The number of rotatable bonds is 4. The van der Waals surface area contributed by atoms with Gasteiger partial charge in [-0.2, -0.15) is 5.10 Å². The number of nitrogens with two attached hydrogens (primary N) is 1. The van der Waals surface area contributed by atoms with Crippen LogP contribution >= 0.6 is 0 Å². The number of aryl methyl sites for hydroxylation is 1. The summed E-state index contributed by atoms with van der Waals surface area (Å²) in [5.41, 5.74) is 8.10. The maximum atomic E-state index is 6.24. The fourth-order valence-corrected chi connectivity index (χ4v) is 1.87. The number of hydrogen-bond acceptors (Lipinski definition) is 4. The second-order valence-corrected chi connectivity index (χ2v) is 4.00. The van der Waals surface area contributed by atoms with Crippen molar-refractivity contribution >= 4 is 0 Å². The first kappa shape index (κ1) is 12.4. The quantitative estimate of drug-likeness (QED) is 0.889. The second kappa shape index (κ2) is 5.10. The van der Waals surface area contributed by atoms with Crippen molar-refractivity contribution in [1.82, 2.24) is 9.78 Å². The highest BCUT2D eigenvalue weighted by molar-refractivity contribution is 5.41. The molecule has 18 heavy (non-hydrogen) atoms. The average Bonchev–Trinajstić information content (AvgIpc) is 2.83. The molecule has 1 unspecified atom stereocenters. The number of ether oxygens (including phenoxy) is 2. The van der Waals surface area contributed by atoms with Crippen LogP contribution in [0.5, 0.6) is 11.5 Å². The van der Waals surface area contributed by atoms with Crippen LogP contribution in [0.4, 0.5) is 0 Å². The van der Waals surface area contributed by atoms with Gasteiger partial charge in [-0.05, 0) is 23.8 Å². The molecule has 96 valence electrons. The van der Waals surface area contributed by atoms with E-state index in [1.807, 2.05) is 31.3 Å². The molecule has 0 fully saturated rings. The van der Waals surface area contributed by atoms with Crippen LogP contribution in [0.25, 0.3) is 0 Å². The van der Waals surface area contributed by atoms with Gasteiger partial charge in [0.05, 0.1) is 26.0 Å².